The molecule has 1 aliphatic rings. The van der Waals surface area contributed by atoms with Gasteiger partial charge in [0, 0.05) is 29.2 Å². The van der Waals surface area contributed by atoms with Gasteiger partial charge in [0.2, 0.25) is 0 Å². The molecule has 0 bridgehead atoms. The number of amides is 1. The van der Waals surface area contributed by atoms with Crippen LogP contribution in [-0.2, 0) is 0 Å². The van der Waals surface area contributed by atoms with Crippen LogP contribution in [0.1, 0.15) is 24.0 Å². The normalized spacial score (nSPS) is 14.2. The fraction of sp³-hybridized carbons (Fsp3) is 0.250. The maximum Gasteiger partial charge on any atom is 0.404 e. The van der Waals surface area contributed by atoms with Crippen molar-refractivity contribution in [3.8, 4) is 23.3 Å². The fourth-order valence-electron chi connectivity index (χ4n) is 3.43. The minimum atomic E-state index is -1.04. The molecule has 0 unspecified atom stereocenters. The molecule has 3 rings (SSSR count). The van der Waals surface area contributed by atoms with E-state index in [1.54, 1.807) is 12.1 Å². The molecule has 142 valence electrons. The number of carbonyl (C=O) groups is 1. The number of piperidine rings is 1. The topological polar surface area (TPSA) is 100 Å². The van der Waals surface area contributed by atoms with E-state index in [0.717, 1.165) is 5.69 Å². The van der Waals surface area contributed by atoms with E-state index in [-0.39, 0.29) is 11.6 Å². The zero-order chi connectivity index (χ0) is 20.3. The number of nitrogens with zero attached hydrogens (tertiary/aromatic N) is 3. The van der Waals surface area contributed by atoms with Gasteiger partial charge in [-0.05, 0) is 42.7 Å². The van der Waals surface area contributed by atoms with Crippen molar-refractivity contribution in [2.45, 2.75) is 18.9 Å². The second-order valence-corrected chi connectivity index (χ2v) is 7.30. The molecule has 0 aliphatic carbocycles. The van der Waals surface area contributed by atoms with Gasteiger partial charge < -0.3 is 15.3 Å². The molecule has 2 aromatic rings. The summed E-state index contributed by atoms with van der Waals surface area (Å²) in [4.78, 5) is 12.8. The average molecular weight is 443 g/mol. The SMILES string of the molecule is N#Cc1ccc(-c2c(Br)ccc(N3CCC(NC(=O)O)CC3)c2C#N)cc1F. The van der Waals surface area contributed by atoms with Gasteiger partial charge in [0.05, 0.1) is 16.8 Å². The molecule has 0 radical (unpaired) electrons. The molecule has 1 aliphatic heterocycles. The highest BCUT2D eigenvalue weighted by atomic mass is 79.9. The van der Waals surface area contributed by atoms with Gasteiger partial charge in [0.15, 0.2) is 0 Å². The van der Waals surface area contributed by atoms with Crippen molar-refractivity contribution in [3.63, 3.8) is 0 Å². The molecule has 0 aromatic heterocycles. The van der Waals surface area contributed by atoms with E-state index in [2.05, 4.69) is 27.3 Å². The van der Waals surface area contributed by atoms with E-state index in [1.807, 2.05) is 17.0 Å². The molecule has 1 fully saturated rings. The number of anilines is 1. The van der Waals surface area contributed by atoms with Crippen LogP contribution in [0.4, 0.5) is 14.9 Å². The first-order chi connectivity index (χ1) is 13.4. The summed E-state index contributed by atoms with van der Waals surface area (Å²) in [6.07, 6.45) is 0.229. The zero-order valence-corrected chi connectivity index (χ0v) is 16.3. The Balaban J connectivity index is 1.97. The van der Waals surface area contributed by atoms with Crippen LogP contribution < -0.4 is 10.2 Å². The Bertz CT molecular complexity index is 1000. The highest BCUT2D eigenvalue weighted by molar-refractivity contribution is 9.10. The van der Waals surface area contributed by atoms with Crippen LogP contribution in [0.5, 0.6) is 0 Å². The van der Waals surface area contributed by atoms with Gasteiger partial charge in [-0.3, -0.25) is 0 Å². The van der Waals surface area contributed by atoms with Gasteiger partial charge in [-0.25, -0.2) is 9.18 Å². The van der Waals surface area contributed by atoms with E-state index < -0.39 is 11.9 Å². The second kappa shape index (κ2) is 8.28. The molecule has 0 atom stereocenters. The van der Waals surface area contributed by atoms with Gasteiger partial charge in [0.1, 0.15) is 18.0 Å². The third-order valence-electron chi connectivity index (χ3n) is 4.79. The van der Waals surface area contributed by atoms with Crippen molar-refractivity contribution in [3.05, 3.63) is 51.7 Å². The number of nitriles is 2. The average Bonchev–Trinajstić information content (AvgIpc) is 2.68. The lowest BCUT2D eigenvalue weighted by Gasteiger charge is -2.34. The molecule has 8 heteroatoms. The lowest BCUT2D eigenvalue weighted by atomic mass is 9.96. The number of hydrogen-bond acceptors (Lipinski definition) is 4. The summed E-state index contributed by atoms with van der Waals surface area (Å²) in [6, 6.07) is 11.8. The van der Waals surface area contributed by atoms with Crippen LogP contribution >= 0.6 is 15.9 Å². The molecular weight excluding hydrogens is 427 g/mol. The van der Waals surface area contributed by atoms with Crippen LogP contribution in [0.3, 0.4) is 0 Å². The Morgan fingerprint density at radius 2 is 1.93 bits per heavy atom. The quantitative estimate of drug-likeness (QED) is 0.740. The van der Waals surface area contributed by atoms with Crippen molar-refractivity contribution >= 4 is 27.7 Å². The maximum atomic E-state index is 14.1. The van der Waals surface area contributed by atoms with E-state index in [1.165, 1.54) is 12.1 Å². The van der Waals surface area contributed by atoms with Gasteiger partial charge in [-0.2, -0.15) is 10.5 Å². The summed E-state index contributed by atoms with van der Waals surface area (Å²) in [7, 11) is 0. The van der Waals surface area contributed by atoms with Crippen LogP contribution in [0, 0.1) is 28.5 Å². The smallest absolute Gasteiger partial charge is 0.404 e. The van der Waals surface area contributed by atoms with Crippen molar-refractivity contribution < 1.29 is 14.3 Å². The van der Waals surface area contributed by atoms with Crippen LogP contribution in [0.2, 0.25) is 0 Å². The minimum Gasteiger partial charge on any atom is -0.465 e. The summed E-state index contributed by atoms with van der Waals surface area (Å²) >= 11 is 3.45. The zero-order valence-electron chi connectivity index (χ0n) is 14.7. The van der Waals surface area contributed by atoms with Gasteiger partial charge in [0.25, 0.3) is 0 Å². The number of nitrogens with one attached hydrogen (secondary N) is 1. The molecule has 1 amide bonds. The van der Waals surface area contributed by atoms with E-state index in [9.17, 15) is 14.4 Å². The number of carboxylic acid groups (broad SMARTS) is 1. The highest BCUT2D eigenvalue weighted by Crippen LogP contribution is 2.38. The van der Waals surface area contributed by atoms with E-state index in [0.29, 0.717) is 47.1 Å². The predicted octanol–water partition coefficient (Wildman–Crippen LogP) is 4.23. The number of hydrogen-bond donors (Lipinski definition) is 2. The molecule has 2 aromatic carbocycles. The molecule has 6 nitrogen and oxygen atoms in total. The Morgan fingerprint density at radius 1 is 1.21 bits per heavy atom. The Morgan fingerprint density at radius 3 is 2.50 bits per heavy atom. The van der Waals surface area contributed by atoms with Crippen molar-refractivity contribution in [2.75, 3.05) is 18.0 Å². The molecule has 1 heterocycles. The molecule has 1 saturated heterocycles. The Labute approximate surface area is 169 Å². The van der Waals surface area contributed by atoms with E-state index in [4.69, 9.17) is 10.4 Å². The highest BCUT2D eigenvalue weighted by Gasteiger charge is 2.24. The van der Waals surface area contributed by atoms with Gasteiger partial charge >= 0.3 is 6.09 Å². The predicted molar refractivity (Wildman–Crippen MR) is 105 cm³/mol. The summed E-state index contributed by atoms with van der Waals surface area (Å²) in [5.74, 6) is -0.637. The third kappa shape index (κ3) is 3.92. The summed E-state index contributed by atoms with van der Waals surface area (Å²) < 4.78 is 14.8. The number of halogens is 2. The standard InChI is InChI=1S/C20H16BrFN4O2/c21-16-3-4-18(26-7-5-14(6-8-26)25-20(27)28)15(11-24)19(16)12-1-2-13(10-23)17(22)9-12/h1-4,9,14,25H,5-8H2,(H,27,28). The van der Waals surface area contributed by atoms with Crippen molar-refractivity contribution in [1.29, 1.82) is 10.5 Å². The molecule has 28 heavy (non-hydrogen) atoms. The third-order valence-corrected chi connectivity index (χ3v) is 5.45. The molecule has 2 N–H and O–H groups in total. The first-order valence-corrected chi connectivity index (χ1v) is 9.41. The Kier molecular flexibility index (Phi) is 5.81. The van der Waals surface area contributed by atoms with Gasteiger partial charge in [-0.1, -0.05) is 22.0 Å². The van der Waals surface area contributed by atoms with Crippen LogP contribution in [-0.4, -0.2) is 30.3 Å². The fourth-order valence-corrected chi connectivity index (χ4v) is 3.99. The number of rotatable bonds is 3. The number of benzene rings is 2. The first kappa shape index (κ1) is 19.7. The maximum absolute atomic E-state index is 14.1. The lowest BCUT2D eigenvalue weighted by Crippen LogP contribution is -2.44. The van der Waals surface area contributed by atoms with Crippen molar-refractivity contribution in [2.24, 2.45) is 0 Å². The lowest BCUT2D eigenvalue weighted by molar-refractivity contribution is 0.187. The van der Waals surface area contributed by atoms with Crippen LogP contribution in [0.25, 0.3) is 11.1 Å². The van der Waals surface area contributed by atoms with Crippen LogP contribution in [0.15, 0.2) is 34.8 Å². The molecule has 0 spiro atoms. The van der Waals surface area contributed by atoms with Gasteiger partial charge in [-0.15, -0.1) is 0 Å². The Hall–Kier alpha value is -3.10. The monoisotopic (exact) mass is 442 g/mol. The van der Waals surface area contributed by atoms with Crippen molar-refractivity contribution in [1.82, 2.24) is 5.32 Å². The first-order valence-electron chi connectivity index (χ1n) is 8.61. The summed E-state index contributed by atoms with van der Waals surface area (Å²) in [5, 5.41) is 30.1. The summed E-state index contributed by atoms with van der Waals surface area (Å²) in [6.45, 7) is 1.20. The molecular formula is C20H16BrFN4O2. The summed E-state index contributed by atoms with van der Waals surface area (Å²) in [5.41, 5.74) is 2.14. The van der Waals surface area contributed by atoms with E-state index >= 15 is 0 Å². The largest absolute Gasteiger partial charge is 0.465 e. The molecule has 0 saturated carbocycles. The minimum absolute atomic E-state index is 0.0532. The second-order valence-electron chi connectivity index (χ2n) is 6.45.